The summed E-state index contributed by atoms with van der Waals surface area (Å²) in [5.41, 5.74) is 0. The van der Waals surface area contributed by atoms with E-state index in [1.54, 1.807) is 0 Å². The molecule has 0 saturated heterocycles. The van der Waals surface area contributed by atoms with Gasteiger partial charge in [-0.15, -0.1) is 0 Å². The molecule has 2 rings (SSSR count). The molecule has 0 saturated carbocycles. The van der Waals surface area contributed by atoms with Crippen molar-refractivity contribution in [2.45, 2.75) is 17.7 Å². The fourth-order valence-electron chi connectivity index (χ4n) is 1.36. The molecule has 1 aromatic carbocycles. The molecule has 11 heavy (non-hydrogen) atoms. The lowest BCUT2D eigenvalue weighted by Crippen LogP contribution is -1.74. The van der Waals surface area contributed by atoms with Crippen molar-refractivity contribution < 1.29 is 0 Å². The Morgan fingerprint density at radius 3 is 2.55 bits per heavy atom. The molecule has 1 aromatic rings. The molecule has 0 fully saturated rings. The summed E-state index contributed by atoms with van der Waals surface area (Å²) in [6.45, 7) is 0. The van der Waals surface area contributed by atoms with Crippen LogP contribution in [0.5, 0.6) is 0 Å². The normalized spacial score (nSPS) is 23.1. The minimum atomic E-state index is 0.484. The van der Waals surface area contributed by atoms with Gasteiger partial charge in [-0.2, -0.15) is 10.5 Å². The summed E-state index contributed by atoms with van der Waals surface area (Å²) < 4.78 is 0. The van der Waals surface area contributed by atoms with Gasteiger partial charge in [0, 0.05) is 4.90 Å². The van der Waals surface area contributed by atoms with Crippen LogP contribution in [0.1, 0.15) is 12.8 Å². The van der Waals surface area contributed by atoms with Crippen LogP contribution in [-0.2, 0) is 0 Å². The summed E-state index contributed by atoms with van der Waals surface area (Å²) in [5.74, 6) is 1.38. The highest BCUT2D eigenvalue weighted by molar-refractivity contribution is 8.15. The van der Waals surface area contributed by atoms with Crippen molar-refractivity contribution in [1.82, 2.24) is 0 Å². The van der Waals surface area contributed by atoms with E-state index >= 15 is 0 Å². The van der Waals surface area contributed by atoms with Crippen LogP contribution in [0.3, 0.4) is 0 Å². The number of hydrogen-bond acceptors (Lipinski definition) is 0. The standard InChI is InChI=1S/C10H12S/c1-2-6-10(7-3-1)11-8-4-5-9-11/h1-3,6-8H,4-5,9H2. The first kappa shape index (κ1) is 7.11. The number of hydrogen-bond donors (Lipinski definition) is 0. The predicted molar refractivity (Wildman–Crippen MR) is 52.5 cm³/mol. The molecule has 0 aliphatic carbocycles. The lowest BCUT2D eigenvalue weighted by molar-refractivity contribution is 1.05. The fraction of sp³-hybridized carbons (Fsp3) is 0.300. The van der Waals surface area contributed by atoms with E-state index < -0.39 is 0 Å². The second-order valence-electron chi connectivity index (χ2n) is 2.75. The fourth-order valence-corrected chi connectivity index (χ4v) is 3.39. The Balaban J connectivity index is 2.29. The lowest BCUT2D eigenvalue weighted by Gasteiger charge is -2.01. The van der Waals surface area contributed by atoms with Gasteiger partial charge < -0.3 is 0 Å². The van der Waals surface area contributed by atoms with Gasteiger partial charge in [0.15, 0.2) is 0 Å². The van der Waals surface area contributed by atoms with Gasteiger partial charge >= 0.3 is 0 Å². The molecular weight excluding hydrogens is 152 g/mol. The Labute approximate surface area is 70.2 Å². The third-order valence-corrected chi connectivity index (χ3v) is 4.18. The highest BCUT2D eigenvalue weighted by Crippen LogP contribution is 2.30. The van der Waals surface area contributed by atoms with Gasteiger partial charge in [0.2, 0.25) is 0 Å². The highest BCUT2D eigenvalue weighted by Gasteiger charge is 2.03. The minimum Gasteiger partial charge on any atom is -0.159 e. The molecule has 0 nitrogen and oxygen atoms in total. The van der Waals surface area contributed by atoms with Crippen LogP contribution in [0.4, 0.5) is 0 Å². The zero-order valence-electron chi connectivity index (χ0n) is 6.49. The van der Waals surface area contributed by atoms with Gasteiger partial charge in [-0.05, 0) is 30.7 Å². The van der Waals surface area contributed by atoms with Crippen molar-refractivity contribution in [3.05, 3.63) is 30.3 Å². The monoisotopic (exact) mass is 164 g/mol. The van der Waals surface area contributed by atoms with E-state index in [1.807, 2.05) is 0 Å². The Morgan fingerprint density at radius 2 is 1.91 bits per heavy atom. The van der Waals surface area contributed by atoms with E-state index in [0.717, 1.165) is 0 Å². The third-order valence-electron chi connectivity index (χ3n) is 1.93. The first-order valence-electron chi connectivity index (χ1n) is 4.05. The second kappa shape index (κ2) is 3.22. The zero-order valence-corrected chi connectivity index (χ0v) is 7.31. The zero-order chi connectivity index (χ0) is 7.52. The van der Waals surface area contributed by atoms with Crippen LogP contribution in [-0.4, -0.2) is 11.1 Å². The van der Waals surface area contributed by atoms with Gasteiger partial charge in [0.1, 0.15) is 0 Å². The molecule has 1 aliphatic heterocycles. The van der Waals surface area contributed by atoms with Crippen molar-refractivity contribution >= 4 is 15.9 Å². The number of rotatable bonds is 1. The molecule has 1 unspecified atom stereocenters. The van der Waals surface area contributed by atoms with E-state index in [-0.39, 0.29) is 0 Å². The maximum atomic E-state index is 2.47. The summed E-state index contributed by atoms with van der Waals surface area (Å²) in [6.07, 6.45) is 2.70. The van der Waals surface area contributed by atoms with Crippen molar-refractivity contribution in [1.29, 1.82) is 0 Å². The van der Waals surface area contributed by atoms with Crippen LogP contribution in [0.15, 0.2) is 35.2 Å². The van der Waals surface area contributed by atoms with E-state index in [4.69, 9.17) is 0 Å². The highest BCUT2D eigenvalue weighted by atomic mass is 32.2. The van der Waals surface area contributed by atoms with E-state index in [9.17, 15) is 0 Å². The van der Waals surface area contributed by atoms with E-state index in [0.29, 0.717) is 10.5 Å². The first-order valence-corrected chi connectivity index (χ1v) is 5.50. The predicted octanol–water partition coefficient (Wildman–Crippen LogP) is 2.91. The van der Waals surface area contributed by atoms with E-state index in [2.05, 4.69) is 35.7 Å². The first-order chi connectivity index (χ1) is 5.47. The molecule has 1 heterocycles. The summed E-state index contributed by atoms with van der Waals surface area (Å²) in [6, 6.07) is 10.8. The molecule has 0 amide bonds. The minimum absolute atomic E-state index is 0.484. The topological polar surface area (TPSA) is 0 Å². The van der Waals surface area contributed by atoms with Crippen LogP contribution < -0.4 is 0 Å². The molecule has 1 aliphatic rings. The van der Waals surface area contributed by atoms with Crippen LogP contribution >= 0.6 is 10.5 Å². The number of benzene rings is 1. The second-order valence-corrected chi connectivity index (χ2v) is 4.83. The Bertz CT molecular complexity index is 261. The SMILES string of the molecule is C1=S(c2ccccc2)CCC1. The smallest absolute Gasteiger partial charge is 0.00136 e. The molecule has 0 bridgehead atoms. The van der Waals surface area contributed by atoms with Gasteiger partial charge in [-0.1, -0.05) is 23.6 Å². The van der Waals surface area contributed by atoms with Crippen molar-refractivity contribution in [3.8, 4) is 0 Å². The Hall–Kier alpha value is -0.560. The summed E-state index contributed by atoms with van der Waals surface area (Å²) in [4.78, 5) is 1.52. The maximum Gasteiger partial charge on any atom is 0.00136 e. The largest absolute Gasteiger partial charge is 0.159 e. The molecular formula is C10H12S. The van der Waals surface area contributed by atoms with Crippen molar-refractivity contribution in [2.24, 2.45) is 0 Å². The average molecular weight is 164 g/mol. The van der Waals surface area contributed by atoms with Crippen LogP contribution in [0.25, 0.3) is 0 Å². The van der Waals surface area contributed by atoms with Crippen LogP contribution in [0, 0.1) is 0 Å². The van der Waals surface area contributed by atoms with Gasteiger partial charge in [0.05, 0.1) is 0 Å². The molecule has 0 spiro atoms. The van der Waals surface area contributed by atoms with Crippen molar-refractivity contribution in [2.75, 3.05) is 5.75 Å². The van der Waals surface area contributed by atoms with Gasteiger partial charge in [-0.25, -0.2) is 0 Å². The Kier molecular flexibility index (Phi) is 2.08. The van der Waals surface area contributed by atoms with Gasteiger partial charge in [-0.3, -0.25) is 0 Å². The molecule has 0 radical (unpaired) electrons. The average Bonchev–Trinajstić information content (AvgIpc) is 2.58. The quantitative estimate of drug-likeness (QED) is 0.560. The summed E-state index contributed by atoms with van der Waals surface area (Å²) >= 11 is 0. The maximum absolute atomic E-state index is 2.47. The Morgan fingerprint density at radius 1 is 1.09 bits per heavy atom. The molecule has 0 N–H and O–H groups in total. The molecule has 1 atom stereocenters. The van der Waals surface area contributed by atoms with Crippen LogP contribution in [0.2, 0.25) is 0 Å². The molecule has 1 heteroatoms. The van der Waals surface area contributed by atoms with Gasteiger partial charge in [0.25, 0.3) is 0 Å². The van der Waals surface area contributed by atoms with Crippen molar-refractivity contribution in [3.63, 3.8) is 0 Å². The lowest BCUT2D eigenvalue weighted by atomic mass is 10.4. The van der Waals surface area contributed by atoms with E-state index in [1.165, 1.54) is 23.5 Å². The third kappa shape index (κ3) is 1.54. The molecule has 0 aromatic heterocycles. The summed E-state index contributed by atoms with van der Waals surface area (Å²) in [5, 5.41) is 2.47. The molecule has 58 valence electrons. The summed E-state index contributed by atoms with van der Waals surface area (Å²) in [7, 11) is 0.484.